The fraction of sp³-hybridized carbons (Fsp3) is 0.231. The van der Waals surface area contributed by atoms with E-state index in [-0.39, 0.29) is 4.31 Å². The van der Waals surface area contributed by atoms with Crippen LogP contribution in [-0.4, -0.2) is 30.4 Å². The van der Waals surface area contributed by atoms with Crippen LogP contribution in [0.3, 0.4) is 0 Å². The average molecular weight is 380 g/mol. The Morgan fingerprint density at radius 1 is 1.21 bits per heavy atom. The molecule has 0 spiro atoms. The van der Waals surface area contributed by atoms with Gasteiger partial charge in [-0.25, -0.2) is 8.42 Å². The van der Waals surface area contributed by atoms with Crippen molar-refractivity contribution in [2.75, 3.05) is 6.54 Å². The van der Waals surface area contributed by atoms with Crippen LogP contribution in [0.5, 0.6) is 0 Å². The van der Waals surface area contributed by atoms with Gasteiger partial charge < -0.3 is 0 Å². The minimum atomic E-state index is -4.79. The number of alkyl halides is 3. The molecule has 0 aliphatic rings. The standard InChI is InChI=1S/C13H11F3N2O4S2/c14-13(15,16)9-17(7-10-5-6-23-8-10)24(21,22)12-4-2-1-3-11(12)18(19)20/h1-6,8H,7,9H2. The van der Waals surface area contributed by atoms with Gasteiger partial charge in [0, 0.05) is 12.6 Å². The van der Waals surface area contributed by atoms with Crippen molar-refractivity contribution in [3.8, 4) is 0 Å². The summed E-state index contributed by atoms with van der Waals surface area (Å²) in [6.07, 6.45) is -4.79. The highest BCUT2D eigenvalue weighted by molar-refractivity contribution is 7.89. The third kappa shape index (κ3) is 4.30. The van der Waals surface area contributed by atoms with Gasteiger partial charge in [0.05, 0.1) is 4.92 Å². The predicted octanol–water partition coefficient (Wildman–Crippen LogP) is 3.41. The largest absolute Gasteiger partial charge is 0.402 e. The number of rotatable bonds is 6. The van der Waals surface area contributed by atoms with Crippen LogP contribution in [0.25, 0.3) is 0 Å². The summed E-state index contributed by atoms with van der Waals surface area (Å²) < 4.78 is 63.8. The quantitative estimate of drug-likeness (QED) is 0.568. The van der Waals surface area contributed by atoms with Crippen molar-refractivity contribution in [3.05, 3.63) is 56.8 Å². The van der Waals surface area contributed by atoms with Gasteiger partial charge in [-0.3, -0.25) is 10.1 Å². The van der Waals surface area contributed by atoms with Gasteiger partial charge in [0.15, 0.2) is 4.90 Å². The lowest BCUT2D eigenvalue weighted by molar-refractivity contribution is -0.387. The molecular formula is C13H11F3N2O4S2. The zero-order valence-corrected chi connectivity index (χ0v) is 13.6. The van der Waals surface area contributed by atoms with Crippen LogP contribution in [0.2, 0.25) is 0 Å². The SMILES string of the molecule is O=[N+]([O-])c1ccccc1S(=O)(=O)N(Cc1ccsc1)CC(F)(F)F. The summed E-state index contributed by atoms with van der Waals surface area (Å²) in [5.74, 6) is 0. The van der Waals surface area contributed by atoms with E-state index in [9.17, 15) is 31.7 Å². The lowest BCUT2D eigenvalue weighted by Crippen LogP contribution is -2.38. The molecule has 0 saturated heterocycles. The molecule has 0 aliphatic heterocycles. The molecule has 0 bridgehead atoms. The topological polar surface area (TPSA) is 80.5 Å². The van der Waals surface area contributed by atoms with Crippen LogP contribution in [0.15, 0.2) is 46.0 Å². The number of para-hydroxylation sites is 1. The van der Waals surface area contributed by atoms with Gasteiger partial charge in [-0.05, 0) is 28.5 Å². The molecule has 0 radical (unpaired) electrons. The Morgan fingerprint density at radius 3 is 2.42 bits per heavy atom. The number of thiophene rings is 1. The van der Waals surface area contributed by atoms with E-state index < -0.39 is 44.8 Å². The van der Waals surface area contributed by atoms with Crippen LogP contribution in [0.4, 0.5) is 18.9 Å². The van der Waals surface area contributed by atoms with Crippen molar-refractivity contribution in [2.45, 2.75) is 17.6 Å². The maximum Gasteiger partial charge on any atom is 0.402 e. The first-order valence-corrected chi connectivity index (χ1v) is 8.81. The normalized spacial score (nSPS) is 12.5. The fourth-order valence-electron chi connectivity index (χ4n) is 1.98. The van der Waals surface area contributed by atoms with Gasteiger partial charge >= 0.3 is 6.18 Å². The number of halogens is 3. The molecule has 0 N–H and O–H groups in total. The zero-order valence-electron chi connectivity index (χ0n) is 11.9. The predicted molar refractivity (Wildman–Crippen MR) is 81.1 cm³/mol. The van der Waals surface area contributed by atoms with E-state index in [1.807, 2.05) is 0 Å². The lowest BCUT2D eigenvalue weighted by Gasteiger charge is -2.23. The molecule has 130 valence electrons. The number of hydrogen-bond acceptors (Lipinski definition) is 5. The third-order valence-corrected chi connectivity index (χ3v) is 5.55. The van der Waals surface area contributed by atoms with Crippen LogP contribution >= 0.6 is 11.3 Å². The van der Waals surface area contributed by atoms with Crippen molar-refractivity contribution in [3.63, 3.8) is 0 Å². The highest BCUT2D eigenvalue weighted by Gasteiger charge is 2.39. The molecule has 0 saturated carbocycles. The van der Waals surface area contributed by atoms with E-state index >= 15 is 0 Å². The van der Waals surface area contributed by atoms with Crippen molar-refractivity contribution < 1.29 is 26.5 Å². The minimum Gasteiger partial charge on any atom is -0.258 e. The molecule has 6 nitrogen and oxygen atoms in total. The van der Waals surface area contributed by atoms with Crippen molar-refractivity contribution in [2.24, 2.45) is 0 Å². The fourth-order valence-corrected chi connectivity index (χ4v) is 4.21. The number of nitrogens with zero attached hydrogens (tertiary/aromatic N) is 2. The monoisotopic (exact) mass is 380 g/mol. The first kappa shape index (κ1) is 18.4. The molecule has 2 aromatic rings. The van der Waals surface area contributed by atoms with Gasteiger partial charge in [-0.2, -0.15) is 28.8 Å². The molecule has 24 heavy (non-hydrogen) atoms. The molecular weight excluding hydrogens is 369 g/mol. The van der Waals surface area contributed by atoms with Crippen LogP contribution in [-0.2, 0) is 16.6 Å². The van der Waals surface area contributed by atoms with E-state index in [4.69, 9.17) is 0 Å². The first-order chi connectivity index (χ1) is 11.1. The Hall–Kier alpha value is -1.98. The molecule has 11 heteroatoms. The molecule has 0 unspecified atom stereocenters. The maximum atomic E-state index is 12.8. The summed E-state index contributed by atoms with van der Waals surface area (Å²) in [5, 5.41) is 14.1. The molecule has 0 aliphatic carbocycles. The Balaban J connectivity index is 2.49. The van der Waals surface area contributed by atoms with E-state index in [1.54, 1.807) is 5.38 Å². The second-order valence-electron chi connectivity index (χ2n) is 4.74. The molecule has 1 aromatic heterocycles. The van der Waals surface area contributed by atoms with Gasteiger partial charge in [-0.1, -0.05) is 12.1 Å². The Labute approximate surface area is 139 Å². The van der Waals surface area contributed by atoms with E-state index in [1.165, 1.54) is 34.9 Å². The third-order valence-electron chi connectivity index (χ3n) is 2.97. The number of nitro groups is 1. The highest BCUT2D eigenvalue weighted by atomic mass is 32.2. The van der Waals surface area contributed by atoms with Gasteiger partial charge in [-0.15, -0.1) is 0 Å². The maximum absolute atomic E-state index is 12.8. The van der Waals surface area contributed by atoms with E-state index in [2.05, 4.69) is 0 Å². The summed E-state index contributed by atoms with van der Waals surface area (Å²) in [5.41, 5.74) is -0.401. The van der Waals surface area contributed by atoms with Gasteiger partial charge in [0.2, 0.25) is 0 Å². The van der Waals surface area contributed by atoms with E-state index in [0.29, 0.717) is 5.56 Å². The summed E-state index contributed by atoms with van der Waals surface area (Å²) in [6.45, 7) is -2.27. The van der Waals surface area contributed by atoms with Gasteiger partial charge in [0.25, 0.3) is 15.7 Å². The summed E-state index contributed by atoms with van der Waals surface area (Å²) in [4.78, 5) is 9.29. The molecule has 0 amide bonds. The van der Waals surface area contributed by atoms with Crippen LogP contribution < -0.4 is 0 Å². The Morgan fingerprint density at radius 2 is 1.88 bits per heavy atom. The molecule has 1 aromatic carbocycles. The molecule has 2 rings (SSSR count). The smallest absolute Gasteiger partial charge is 0.258 e. The van der Waals surface area contributed by atoms with Crippen molar-refractivity contribution in [1.29, 1.82) is 0 Å². The highest BCUT2D eigenvalue weighted by Crippen LogP contribution is 2.30. The van der Waals surface area contributed by atoms with Gasteiger partial charge in [0.1, 0.15) is 6.54 Å². The first-order valence-electron chi connectivity index (χ1n) is 6.42. The van der Waals surface area contributed by atoms with Crippen LogP contribution in [0.1, 0.15) is 5.56 Å². The van der Waals surface area contributed by atoms with Crippen molar-refractivity contribution in [1.82, 2.24) is 4.31 Å². The minimum absolute atomic E-state index is 0.192. The number of hydrogen-bond donors (Lipinski definition) is 0. The average Bonchev–Trinajstić information content (AvgIpc) is 2.98. The second-order valence-corrected chi connectivity index (χ2v) is 7.43. The second kappa shape index (κ2) is 6.87. The molecule has 0 atom stereocenters. The molecule has 1 heterocycles. The Bertz CT molecular complexity index is 820. The summed E-state index contributed by atoms with van der Waals surface area (Å²) >= 11 is 1.20. The summed E-state index contributed by atoms with van der Waals surface area (Å²) in [6, 6.07) is 5.80. The lowest BCUT2D eigenvalue weighted by atomic mass is 10.3. The zero-order chi connectivity index (χ0) is 18.0. The van der Waals surface area contributed by atoms with Crippen molar-refractivity contribution >= 4 is 27.0 Å². The number of sulfonamides is 1. The van der Waals surface area contributed by atoms with E-state index in [0.717, 1.165) is 12.1 Å². The number of nitro benzene ring substituents is 1. The van der Waals surface area contributed by atoms with Crippen LogP contribution in [0, 0.1) is 10.1 Å². The Kier molecular flexibility index (Phi) is 5.26. The summed E-state index contributed by atoms with van der Waals surface area (Å²) in [7, 11) is -4.71. The molecule has 0 fully saturated rings. The number of benzene rings is 1.